The molecule has 15 heavy (non-hydrogen) atoms. The molecule has 2 aliphatic rings. The van der Waals surface area contributed by atoms with Crippen LogP contribution in [0.15, 0.2) is 0 Å². The van der Waals surface area contributed by atoms with Crippen LogP contribution >= 0.6 is 11.8 Å². The topological polar surface area (TPSA) is 38.0 Å². The summed E-state index contributed by atoms with van der Waals surface area (Å²) in [5, 5.41) is 4.35. The van der Waals surface area contributed by atoms with Gasteiger partial charge in [0.25, 0.3) is 0 Å². The van der Waals surface area contributed by atoms with Gasteiger partial charge in [-0.25, -0.2) is 0 Å². The largest absolute Gasteiger partial charge is 0.329 e. The minimum Gasteiger partial charge on any atom is -0.329 e. The molecule has 3 heteroatoms. The molecule has 2 nitrogen and oxygen atoms in total. The number of nitrogens with one attached hydrogen (secondary N) is 1. The Morgan fingerprint density at radius 1 is 1.13 bits per heavy atom. The van der Waals surface area contributed by atoms with Crippen molar-refractivity contribution < 1.29 is 0 Å². The molecule has 2 rings (SSSR count). The Balaban J connectivity index is 1.87. The molecule has 1 aliphatic heterocycles. The number of rotatable bonds is 3. The standard InChI is InChI=1S/C12H24N2S/c13-10-12(6-8-14-9-7-12)15-11-4-2-1-3-5-11/h11,14H,1-10,13H2. The quantitative estimate of drug-likeness (QED) is 0.777. The van der Waals surface area contributed by atoms with Crippen LogP contribution in [0.3, 0.4) is 0 Å². The van der Waals surface area contributed by atoms with Gasteiger partial charge in [-0.05, 0) is 38.8 Å². The van der Waals surface area contributed by atoms with Crippen LogP contribution in [-0.2, 0) is 0 Å². The van der Waals surface area contributed by atoms with Crippen LogP contribution in [0.2, 0.25) is 0 Å². The monoisotopic (exact) mass is 228 g/mol. The molecule has 0 aromatic carbocycles. The minimum atomic E-state index is 0.410. The van der Waals surface area contributed by atoms with Crippen molar-refractivity contribution in [3.63, 3.8) is 0 Å². The fourth-order valence-corrected chi connectivity index (χ4v) is 4.60. The van der Waals surface area contributed by atoms with E-state index in [1.54, 1.807) is 0 Å². The lowest BCUT2D eigenvalue weighted by Crippen LogP contribution is -2.45. The highest BCUT2D eigenvalue weighted by Gasteiger charge is 2.34. The molecule has 2 fully saturated rings. The van der Waals surface area contributed by atoms with E-state index < -0.39 is 0 Å². The molecule has 0 spiro atoms. The molecule has 1 saturated heterocycles. The third kappa shape index (κ3) is 3.11. The van der Waals surface area contributed by atoms with E-state index in [1.165, 1.54) is 44.9 Å². The van der Waals surface area contributed by atoms with Crippen molar-refractivity contribution in [2.45, 2.75) is 54.9 Å². The summed E-state index contributed by atoms with van der Waals surface area (Å²) in [5.74, 6) is 0. The lowest BCUT2D eigenvalue weighted by molar-refractivity contribution is 0.414. The summed E-state index contributed by atoms with van der Waals surface area (Å²) in [7, 11) is 0. The Labute approximate surface area is 97.8 Å². The summed E-state index contributed by atoms with van der Waals surface area (Å²) < 4.78 is 0.410. The highest BCUT2D eigenvalue weighted by atomic mass is 32.2. The predicted octanol–water partition coefficient (Wildman–Crippen LogP) is 2.13. The summed E-state index contributed by atoms with van der Waals surface area (Å²) >= 11 is 2.22. The molecule has 0 bridgehead atoms. The SMILES string of the molecule is NCC1(SC2CCCCC2)CCNCC1. The van der Waals surface area contributed by atoms with Gasteiger partial charge >= 0.3 is 0 Å². The molecule has 1 saturated carbocycles. The summed E-state index contributed by atoms with van der Waals surface area (Å²) in [4.78, 5) is 0. The van der Waals surface area contributed by atoms with E-state index in [2.05, 4.69) is 17.1 Å². The molecular weight excluding hydrogens is 204 g/mol. The second kappa shape index (κ2) is 5.55. The number of thioether (sulfide) groups is 1. The van der Waals surface area contributed by atoms with Crippen molar-refractivity contribution in [1.82, 2.24) is 5.32 Å². The van der Waals surface area contributed by atoms with Gasteiger partial charge in [0, 0.05) is 16.5 Å². The summed E-state index contributed by atoms with van der Waals surface area (Å²) in [6.45, 7) is 3.20. The van der Waals surface area contributed by atoms with Gasteiger partial charge in [-0.1, -0.05) is 19.3 Å². The lowest BCUT2D eigenvalue weighted by atomic mass is 9.97. The molecule has 0 atom stereocenters. The molecule has 0 unspecified atom stereocenters. The van der Waals surface area contributed by atoms with Crippen LogP contribution in [0.25, 0.3) is 0 Å². The average Bonchev–Trinajstić information content (AvgIpc) is 2.32. The first-order chi connectivity index (χ1) is 7.35. The number of hydrogen-bond donors (Lipinski definition) is 2. The Bertz CT molecular complexity index is 184. The molecule has 0 radical (unpaired) electrons. The van der Waals surface area contributed by atoms with Gasteiger partial charge < -0.3 is 11.1 Å². The van der Waals surface area contributed by atoms with Gasteiger partial charge in [0.15, 0.2) is 0 Å². The van der Waals surface area contributed by atoms with Crippen molar-refractivity contribution in [3.05, 3.63) is 0 Å². The van der Waals surface area contributed by atoms with Crippen molar-refractivity contribution in [2.24, 2.45) is 5.73 Å². The summed E-state index contributed by atoms with van der Waals surface area (Å²) in [6.07, 6.45) is 9.73. The molecule has 1 aliphatic carbocycles. The van der Waals surface area contributed by atoms with Gasteiger partial charge in [0.05, 0.1) is 0 Å². The zero-order chi connectivity index (χ0) is 10.6. The zero-order valence-corrected chi connectivity index (χ0v) is 10.5. The number of nitrogens with two attached hydrogens (primary N) is 1. The van der Waals surface area contributed by atoms with Gasteiger partial charge in [-0.15, -0.1) is 0 Å². The molecular formula is C12H24N2S. The molecule has 0 amide bonds. The van der Waals surface area contributed by atoms with Crippen LogP contribution in [0.1, 0.15) is 44.9 Å². The third-order valence-electron chi connectivity index (χ3n) is 3.86. The van der Waals surface area contributed by atoms with Crippen LogP contribution in [-0.4, -0.2) is 29.6 Å². The van der Waals surface area contributed by atoms with Gasteiger partial charge in [-0.3, -0.25) is 0 Å². The first-order valence-electron chi connectivity index (χ1n) is 6.43. The second-order valence-corrected chi connectivity index (χ2v) is 6.78. The maximum atomic E-state index is 6.01. The lowest BCUT2D eigenvalue weighted by Gasteiger charge is -2.39. The van der Waals surface area contributed by atoms with E-state index in [4.69, 9.17) is 5.73 Å². The highest BCUT2D eigenvalue weighted by Crippen LogP contribution is 2.41. The Kier molecular flexibility index (Phi) is 4.35. The Morgan fingerprint density at radius 2 is 1.80 bits per heavy atom. The molecule has 88 valence electrons. The first-order valence-corrected chi connectivity index (χ1v) is 7.31. The van der Waals surface area contributed by atoms with Crippen molar-refractivity contribution in [2.75, 3.05) is 19.6 Å². The predicted molar refractivity (Wildman–Crippen MR) is 68.4 cm³/mol. The van der Waals surface area contributed by atoms with Crippen molar-refractivity contribution in [1.29, 1.82) is 0 Å². The van der Waals surface area contributed by atoms with Gasteiger partial charge in [0.1, 0.15) is 0 Å². The Morgan fingerprint density at radius 3 is 2.40 bits per heavy atom. The molecule has 1 heterocycles. The Hall–Kier alpha value is 0.270. The van der Waals surface area contributed by atoms with Crippen LogP contribution in [0.5, 0.6) is 0 Å². The average molecular weight is 228 g/mol. The maximum Gasteiger partial charge on any atom is 0.0309 e. The van der Waals surface area contributed by atoms with Crippen LogP contribution in [0, 0.1) is 0 Å². The second-order valence-electron chi connectivity index (χ2n) is 5.02. The smallest absolute Gasteiger partial charge is 0.0309 e. The fourth-order valence-electron chi connectivity index (χ4n) is 2.79. The third-order valence-corrected chi connectivity index (χ3v) is 5.74. The minimum absolute atomic E-state index is 0.410. The van der Waals surface area contributed by atoms with Crippen molar-refractivity contribution >= 4 is 11.8 Å². The normalized spacial score (nSPS) is 27.8. The summed E-state index contributed by atoms with van der Waals surface area (Å²) in [5.41, 5.74) is 6.01. The van der Waals surface area contributed by atoms with E-state index in [-0.39, 0.29) is 0 Å². The van der Waals surface area contributed by atoms with E-state index >= 15 is 0 Å². The van der Waals surface area contributed by atoms with Crippen LogP contribution < -0.4 is 11.1 Å². The van der Waals surface area contributed by atoms with Gasteiger partial charge in [0.2, 0.25) is 0 Å². The highest BCUT2D eigenvalue weighted by molar-refractivity contribution is 8.01. The number of piperidine rings is 1. The first kappa shape index (κ1) is 11.7. The number of hydrogen-bond acceptors (Lipinski definition) is 3. The molecule has 0 aromatic rings. The van der Waals surface area contributed by atoms with Crippen LogP contribution in [0.4, 0.5) is 0 Å². The fraction of sp³-hybridized carbons (Fsp3) is 1.00. The van der Waals surface area contributed by atoms with Crippen molar-refractivity contribution in [3.8, 4) is 0 Å². The van der Waals surface area contributed by atoms with Gasteiger partial charge in [-0.2, -0.15) is 11.8 Å². The summed E-state index contributed by atoms with van der Waals surface area (Å²) in [6, 6.07) is 0. The van der Waals surface area contributed by atoms with E-state index in [0.29, 0.717) is 4.75 Å². The maximum absolute atomic E-state index is 6.01. The van der Waals surface area contributed by atoms with E-state index in [1.807, 2.05) is 0 Å². The molecule has 3 N–H and O–H groups in total. The molecule has 0 aromatic heterocycles. The van der Waals surface area contributed by atoms with E-state index in [0.717, 1.165) is 24.9 Å². The van der Waals surface area contributed by atoms with E-state index in [9.17, 15) is 0 Å². The zero-order valence-electron chi connectivity index (χ0n) is 9.63.